The van der Waals surface area contributed by atoms with Gasteiger partial charge in [-0.2, -0.15) is 0 Å². The van der Waals surface area contributed by atoms with Gasteiger partial charge in [0.1, 0.15) is 67.1 Å². The number of rotatable bonds is 13. The first-order chi connectivity index (χ1) is 35.9. The second-order valence-electron chi connectivity index (χ2n) is 25.2. The number of carbonyl (C=O) groups is 3. The predicted molar refractivity (Wildman–Crippen MR) is 263 cm³/mol. The highest BCUT2D eigenvalue weighted by Crippen LogP contribution is 2.76. The normalized spacial score (nSPS) is 50.2. The van der Waals surface area contributed by atoms with Crippen LogP contribution in [0.1, 0.15) is 108 Å². The molecule has 77 heavy (non-hydrogen) atoms. The Balaban J connectivity index is 1.13. The van der Waals surface area contributed by atoms with E-state index in [1.807, 2.05) is 34.6 Å². The fourth-order valence-corrected chi connectivity index (χ4v) is 16.1. The fourth-order valence-electron chi connectivity index (χ4n) is 16.1. The zero-order chi connectivity index (χ0) is 57.0. The lowest BCUT2D eigenvalue weighted by molar-refractivity contribution is -0.386. The average molecular weight is 1100 g/mol. The third-order valence-corrected chi connectivity index (χ3v) is 20.7. The van der Waals surface area contributed by atoms with E-state index >= 15 is 0 Å². The summed E-state index contributed by atoms with van der Waals surface area (Å²) in [4.78, 5) is 39.3. The van der Waals surface area contributed by atoms with Gasteiger partial charge in [-0.1, -0.05) is 66.2 Å². The molecule has 26 atom stereocenters. The minimum absolute atomic E-state index is 0.141. The second kappa shape index (κ2) is 21.5. The number of carboxylic acids is 1. The molecule has 0 bridgehead atoms. The molecule has 0 unspecified atom stereocenters. The quantitative estimate of drug-likeness (QED) is 0.0470. The molecule has 0 aromatic carbocycles. The van der Waals surface area contributed by atoms with Crippen LogP contribution in [0.4, 0.5) is 0 Å². The molecule has 8 aliphatic rings. The van der Waals surface area contributed by atoms with Crippen molar-refractivity contribution in [3.05, 3.63) is 23.3 Å². The van der Waals surface area contributed by atoms with E-state index in [-0.39, 0.29) is 11.8 Å². The number of carbonyl (C=O) groups excluding carboxylic acids is 2. The number of allylic oxidation sites excluding steroid dienone is 2. The number of esters is 2. The topological polar surface area (TPSA) is 368 Å². The Labute approximate surface area is 448 Å². The number of carboxylic acid groups (broad SMARTS) is 1. The molecule has 7 fully saturated rings. The van der Waals surface area contributed by atoms with Crippen molar-refractivity contribution in [1.82, 2.24) is 0 Å². The van der Waals surface area contributed by atoms with Crippen molar-refractivity contribution in [2.24, 2.45) is 50.2 Å². The van der Waals surface area contributed by atoms with Crippen LogP contribution in [0.25, 0.3) is 0 Å². The van der Waals surface area contributed by atoms with E-state index in [4.69, 9.17) is 37.9 Å². The molecule has 5 aliphatic carbocycles. The van der Waals surface area contributed by atoms with E-state index in [1.54, 1.807) is 19.9 Å². The van der Waals surface area contributed by atoms with Gasteiger partial charge in [0.05, 0.1) is 43.5 Å². The van der Waals surface area contributed by atoms with Crippen molar-refractivity contribution in [3.63, 3.8) is 0 Å². The highest BCUT2D eigenvalue weighted by atomic mass is 16.8. The number of hydrogen-bond acceptors (Lipinski definition) is 22. The van der Waals surface area contributed by atoms with Crippen molar-refractivity contribution in [2.45, 2.75) is 224 Å². The number of hydrogen-bond donors (Lipinski definition) is 12. The first-order valence-corrected chi connectivity index (χ1v) is 27.0. The van der Waals surface area contributed by atoms with E-state index in [0.717, 1.165) is 5.57 Å². The third-order valence-electron chi connectivity index (χ3n) is 20.7. The van der Waals surface area contributed by atoms with Gasteiger partial charge in [0.15, 0.2) is 31.1 Å². The molecule has 438 valence electrons. The summed E-state index contributed by atoms with van der Waals surface area (Å²) in [6, 6.07) is 0. The van der Waals surface area contributed by atoms with Crippen molar-refractivity contribution in [2.75, 3.05) is 19.8 Å². The van der Waals surface area contributed by atoms with Crippen LogP contribution in [0.3, 0.4) is 0 Å². The molecule has 12 N–H and O–H groups in total. The largest absolute Gasteiger partial charge is 0.479 e. The molecule has 23 nitrogen and oxygen atoms in total. The smallest absolute Gasteiger partial charge is 0.335 e. The lowest BCUT2D eigenvalue weighted by atomic mass is 9.32. The van der Waals surface area contributed by atoms with Gasteiger partial charge < -0.3 is 99.2 Å². The standard InChI is InChI=1S/C54H84O23/c1-11-22(2)45(69)77-42-43(70-23(3)58)54(21-57)25(18-49(42,4)5)24-12-13-29-51(8)16-15-30(50(6,7)28(51)14-17-52(29,9)53(24,10)40(65)41(54)66)73-48-39(76-47-35(63)33(61)31(59)26(19-55)71-47)37(36(64)38(75-48)44(67)68)74-46-34(62)32(60)27(20-56)72-46/h11-12,25-43,46-48,55-57,59-66H,13-21H2,1-10H3,(H,67,68)/b22-11+/t25-,26+,27-,28-,29+,30-,31-,32-,33-,34+,35+,36-,37-,38-,39+,40-,41+,42-,43-,46-,47-,48+,51-,52+,53-,54-/m0/s1. The van der Waals surface area contributed by atoms with Crippen LogP contribution in [-0.2, 0) is 52.3 Å². The molecule has 0 spiro atoms. The van der Waals surface area contributed by atoms with Crippen LogP contribution in [0.2, 0.25) is 0 Å². The summed E-state index contributed by atoms with van der Waals surface area (Å²) in [5, 5.41) is 133. The van der Waals surface area contributed by atoms with Gasteiger partial charge in [0, 0.05) is 23.3 Å². The summed E-state index contributed by atoms with van der Waals surface area (Å²) >= 11 is 0. The van der Waals surface area contributed by atoms with Crippen LogP contribution in [0, 0.1) is 50.2 Å². The van der Waals surface area contributed by atoms with Gasteiger partial charge in [-0.25, -0.2) is 9.59 Å². The molecule has 3 saturated heterocycles. The molecule has 0 amide bonds. The SMILES string of the molecule is C/C=C(\C)C(=O)O[C@H]1[C@H](OC(C)=O)[C@]2(CO)[C@H](O)[C@H](O)[C@]3(C)C(=CC[C@@H]4[C@@]5(C)CC[C@H](O[C@@H]6O[C@H](C(=O)O)[C@@H](O)[C@H](O[C@@H]7O[C@@H](CO)[C@H](O)[C@H]7O)[C@H]6O[C@@H]6O[C@H](CO)[C@H](O)[C@H](O)[C@H]6O)C(C)(C)[C@@H]5CC[C@]43C)[C@@H]2CC1(C)C. The molecule has 3 aliphatic heterocycles. The van der Waals surface area contributed by atoms with Crippen molar-refractivity contribution < 1.29 is 114 Å². The summed E-state index contributed by atoms with van der Waals surface area (Å²) in [7, 11) is 0. The molecule has 8 rings (SSSR count). The number of aliphatic hydroxyl groups excluding tert-OH is 11. The summed E-state index contributed by atoms with van der Waals surface area (Å²) < 4.78 is 48.6. The Morgan fingerprint density at radius 2 is 1.26 bits per heavy atom. The van der Waals surface area contributed by atoms with Crippen LogP contribution in [-0.4, -0.2) is 216 Å². The second-order valence-corrected chi connectivity index (χ2v) is 25.2. The van der Waals surface area contributed by atoms with Gasteiger partial charge >= 0.3 is 17.9 Å². The lowest BCUT2D eigenvalue weighted by Crippen LogP contribution is -2.76. The number of aliphatic hydroxyl groups is 11. The maximum absolute atomic E-state index is 13.4. The fraction of sp³-hybridized carbons (Fsp3) is 0.870. The highest BCUT2D eigenvalue weighted by molar-refractivity contribution is 5.87. The van der Waals surface area contributed by atoms with Crippen molar-refractivity contribution in [3.8, 4) is 0 Å². The van der Waals surface area contributed by atoms with E-state index in [2.05, 4.69) is 19.9 Å². The molecule has 0 aromatic rings. The Morgan fingerprint density at radius 3 is 1.82 bits per heavy atom. The number of ether oxygens (including phenoxy) is 8. The van der Waals surface area contributed by atoms with Crippen molar-refractivity contribution >= 4 is 17.9 Å². The van der Waals surface area contributed by atoms with Gasteiger partial charge in [-0.3, -0.25) is 4.79 Å². The Kier molecular flexibility index (Phi) is 16.8. The Hall–Kier alpha value is -2.79. The van der Waals surface area contributed by atoms with Gasteiger partial charge in [0.2, 0.25) is 0 Å². The highest BCUT2D eigenvalue weighted by Gasteiger charge is 2.76. The van der Waals surface area contributed by atoms with Crippen LogP contribution < -0.4 is 0 Å². The summed E-state index contributed by atoms with van der Waals surface area (Å²) in [5.41, 5.74) is -4.51. The monoisotopic (exact) mass is 1100 g/mol. The van der Waals surface area contributed by atoms with Crippen LogP contribution in [0.5, 0.6) is 0 Å². The van der Waals surface area contributed by atoms with Gasteiger partial charge in [0.25, 0.3) is 0 Å². The first kappa shape index (κ1) is 60.3. The molecule has 4 saturated carbocycles. The lowest BCUT2D eigenvalue weighted by Gasteiger charge is -2.73. The van der Waals surface area contributed by atoms with E-state index in [9.17, 15) is 75.7 Å². The molecule has 0 aromatic heterocycles. The predicted octanol–water partition coefficient (Wildman–Crippen LogP) is -0.684. The Bertz CT molecular complexity index is 2250. The van der Waals surface area contributed by atoms with E-state index in [0.29, 0.717) is 44.1 Å². The van der Waals surface area contributed by atoms with Crippen LogP contribution in [0.15, 0.2) is 23.3 Å². The minimum atomic E-state index is -2.12. The molecule has 23 heteroatoms. The zero-order valence-corrected chi connectivity index (χ0v) is 45.6. The van der Waals surface area contributed by atoms with Crippen LogP contribution >= 0.6 is 0 Å². The van der Waals surface area contributed by atoms with Gasteiger partial charge in [-0.05, 0) is 86.4 Å². The zero-order valence-electron chi connectivity index (χ0n) is 45.6. The number of fused-ring (bicyclic) bond motifs is 7. The summed E-state index contributed by atoms with van der Waals surface area (Å²) in [6.07, 6.45) is -25.3. The maximum atomic E-state index is 13.4. The molecular formula is C54H84O23. The first-order valence-electron chi connectivity index (χ1n) is 27.0. The maximum Gasteiger partial charge on any atom is 0.335 e. The summed E-state index contributed by atoms with van der Waals surface area (Å²) in [6.45, 7) is 16.3. The molecule has 3 heterocycles. The van der Waals surface area contributed by atoms with E-state index in [1.165, 1.54) is 6.92 Å². The van der Waals surface area contributed by atoms with Crippen molar-refractivity contribution in [1.29, 1.82) is 0 Å². The van der Waals surface area contributed by atoms with Gasteiger partial charge in [-0.15, -0.1) is 0 Å². The molecular weight excluding hydrogens is 1020 g/mol. The minimum Gasteiger partial charge on any atom is -0.479 e. The third kappa shape index (κ3) is 9.35. The van der Waals surface area contributed by atoms with E-state index < -0.39 is 193 Å². The average Bonchev–Trinajstić information content (AvgIpc) is 3.65. The Morgan fingerprint density at radius 1 is 0.675 bits per heavy atom. The number of aliphatic carboxylic acids is 1. The summed E-state index contributed by atoms with van der Waals surface area (Å²) in [5.74, 6) is -3.94. The molecule has 0 radical (unpaired) electrons.